The Hall–Kier alpha value is -3.41. The number of hydrogen-bond donors (Lipinski definition) is 0. The highest BCUT2D eigenvalue weighted by Gasteiger charge is 2.19. The number of carbonyl (C=O) groups is 3. The molecule has 0 amide bonds. The van der Waals surface area contributed by atoms with E-state index in [1.165, 1.54) is 173 Å². The van der Waals surface area contributed by atoms with E-state index in [0.717, 1.165) is 96.3 Å². The molecule has 1 unspecified atom stereocenters. The summed E-state index contributed by atoms with van der Waals surface area (Å²) in [6.07, 6.45) is 81.5. The maximum atomic E-state index is 12.9. The van der Waals surface area contributed by atoms with Gasteiger partial charge >= 0.3 is 17.9 Å². The maximum absolute atomic E-state index is 12.9. The number of ether oxygens (including phenoxy) is 3. The van der Waals surface area contributed by atoms with Crippen LogP contribution in [0.3, 0.4) is 0 Å². The monoisotopic (exact) mass is 1030 g/mol. The number of unbranched alkanes of at least 4 members (excludes halogenated alkanes) is 33. The molecule has 0 fully saturated rings. The first-order valence-corrected chi connectivity index (χ1v) is 31.6. The standard InChI is InChI=1S/C68H118O6/c1-4-7-10-13-16-19-22-25-28-31-34-37-40-43-46-49-52-55-58-61-67(70)73-64-65(63-72-66(69)60-57-54-51-48-45-42-39-36-33-30-27-24-21-18-15-12-9-6-3)74-68(71)62-59-56-53-50-47-44-41-38-35-32-29-26-23-20-17-14-11-8-5-2/h7,10,16-17,19-20,23,25-26,28,34,36-37,39,65H,4-6,8-9,11-15,18,21-22,24,27,29-33,35,38,40-64H2,1-3H3/b10-7-,19-16-,20-17-,26-23-,28-25-,37-34-,39-36-. The summed E-state index contributed by atoms with van der Waals surface area (Å²) < 4.78 is 16.9. The fourth-order valence-electron chi connectivity index (χ4n) is 8.89. The van der Waals surface area contributed by atoms with E-state index < -0.39 is 6.10 Å². The molecular formula is C68H118O6. The van der Waals surface area contributed by atoms with E-state index >= 15 is 0 Å². The number of hydrogen-bond acceptors (Lipinski definition) is 6. The molecule has 0 spiro atoms. The molecule has 0 saturated carbocycles. The van der Waals surface area contributed by atoms with Gasteiger partial charge in [0.15, 0.2) is 6.10 Å². The van der Waals surface area contributed by atoms with E-state index in [0.29, 0.717) is 19.3 Å². The first-order chi connectivity index (χ1) is 36.5. The zero-order chi connectivity index (χ0) is 53.6. The Labute approximate surface area is 458 Å². The van der Waals surface area contributed by atoms with Crippen molar-refractivity contribution < 1.29 is 28.6 Å². The molecule has 0 aromatic rings. The third-order valence-corrected chi connectivity index (χ3v) is 13.6. The average Bonchev–Trinajstić information content (AvgIpc) is 3.40. The fourth-order valence-corrected chi connectivity index (χ4v) is 8.89. The summed E-state index contributed by atoms with van der Waals surface area (Å²) in [6.45, 7) is 6.51. The second-order valence-corrected chi connectivity index (χ2v) is 21.0. The normalized spacial score (nSPS) is 12.6. The predicted octanol–water partition coefficient (Wildman–Crippen LogP) is 21.5. The van der Waals surface area contributed by atoms with Crippen LogP contribution >= 0.6 is 0 Å². The van der Waals surface area contributed by atoms with Crippen molar-refractivity contribution in [3.63, 3.8) is 0 Å². The highest BCUT2D eigenvalue weighted by atomic mass is 16.6. The Morgan fingerprint density at radius 3 is 0.946 bits per heavy atom. The Morgan fingerprint density at radius 1 is 0.297 bits per heavy atom. The van der Waals surface area contributed by atoms with Crippen molar-refractivity contribution in [2.45, 2.75) is 316 Å². The van der Waals surface area contributed by atoms with Gasteiger partial charge in [-0.25, -0.2) is 0 Å². The van der Waals surface area contributed by atoms with Gasteiger partial charge in [0.2, 0.25) is 0 Å². The van der Waals surface area contributed by atoms with Crippen LogP contribution in [0.2, 0.25) is 0 Å². The lowest BCUT2D eigenvalue weighted by Gasteiger charge is -2.18. The van der Waals surface area contributed by atoms with Gasteiger partial charge in [0.1, 0.15) is 13.2 Å². The summed E-state index contributed by atoms with van der Waals surface area (Å²) >= 11 is 0. The molecule has 0 saturated heterocycles. The summed E-state index contributed by atoms with van der Waals surface area (Å²) in [7, 11) is 0. The largest absolute Gasteiger partial charge is 0.462 e. The van der Waals surface area contributed by atoms with Gasteiger partial charge < -0.3 is 14.2 Å². The van der Waals surface area contributed by atoms with Gasteiger partial charge in [-0.15, -0.1) is 0 Å². The molecule has 0 aromatic carbocycles. The minimum atomic E-state index is -0.790. The van der Waals surface area contributed by atoms with Gasteiger partial charge in [-0.2, -0.15) is 0 Å². The van der Waals surface area contributed by atoms with Crippen molar-refractivity contribution >= 4 is 17.9 Å². The van der Waals surface area contributed by atoms with E-state index in [9.17, 15) is 14.4 Å². The molecule has 74 heavy (non-hydrogen) atoms. The summed E-state index contributed by atoms with van der Waals surface area (Å²) in [5.74, 6) is -0.899. The van der Waals surface area contributed by atoms with Crippen LogP contribution in [0.4, 0.5) is 0 Å². The molecule has 0 bridgehead atoms. The molecule has 0 N–H and O–H groups in total. The zero-order valence-electron chi connectivity index (χ0n) is 48.8. The van der Waals surface area contributed by atoms with Crippen molar-refractivity contribution in [3.05, 3.63) is 85.1 Å². The van der Waals surface area contributed by atoms with Crippen LogP contribution in [0.1, 0.15) is 310 Å². The van der Waals surface area contributed by atoms with Gasteiger partial charge in [0, 0.05) is 19.3 Å². The zero-order valence-corrected chi connectivity index (χ0v) is 48.8. The molecule has 0 radical (unpaired) electrons. The Morgan fingerprint density at radius 2 is 0.568 bits per heavy atom. The lowest BCUT2D eigenvalue weighted by atomic mass is 10.1. The Bertz CT molecular complexity index is 1420. The number of rotatable bonds is 57. The molecule has 0 rings (SSSR count). The smallest absolute Gasteiger partial charge is 0.306 e. The van der Waals surface area contributed by atoms with Crippen LogP contribution in [0, 0.1) is 0 Å². The second kappa shape index (κ2) is 62.1. The Balaban J connectivity index is 4.42. The quantitative estimate of drug-likeness (QED) is 0.0199. The van der Waals surface area contributed by atoms with Crippen LogP contribution in [-0.4, -0.2) is 37.2 Å². The molecule has 6 nitrogen and oxygen atoms in total. The second-order valence-electron chi connectivity index (χ2n) is 21.0. The van der Waals surface area contributed by atoms with Gasteiger partial charge in [-0.05, 0) is 109 Å². The van der Waals surface area contributed by atoms with E-state index in [4.69, 9.17) is 14.2 Å². The topological polar surface area (TPSA) is 78.9 Å². The lowest BCUT2D eigenvalue weighted by Crippen LogP contribution is -2.30. The van der Waals surface area contributed by atoms with E-state index in [2.05, 4.69) is 106 Å². The number of esters is 3. The molecule has 0 heterocycles. The fraction of sp³-hybridized carbons (Fsp3) is 0.750. The van der Waals surface area contributed by atoms with Crippen molar-refractivity contribution in [1.82, 2.24) is 0 Å². The van der Waals surface area contributed by atoms with Crippen LogP contribution in [-0.2, 0) is 28.6 Å². The average molecular weight is 1030 g/mol. The molecule has 426 valence electrons. The molecule has 6 heteroatoms. The minimum absolute atomic E-state index is 0.0859. The lowest BCUT2D eigenvalue weighted by molar-refractivity contribution is -0.167. The first-order valence-electron chi connectivity index (χ1n) is 31.6. The number of carbonyl (C=O) groups excluding carboxylic acids is 3. The molecule has 0 aliphatic rings. The highest BCUT2D eigenvalue weighted by Crippen LogP contribution is 2.16. The van der Waals surface area contributed by atoms with Crippen molar-refractivity contribution in [2.24, 2.45) is 0 Å². The van der Waals surface area contributed by atoms with Crippen molar-refractivity contribution in [2.75, 3.05) is 13.2 Å². The van der Waals surface area contributed by atoms with Gasteiger partial charge in [-0.3, -0.25) is 14.4 Å². The highest BCUT2D eigenvalue weighted by molar-refractivity contribution is 5.71. The van der Waals surface area contributed by atoms with E-state index in [1.54, 1.807) is 0 Å². The van der Waals surface area contributed by atoms with Crippen LogP contribution in [0.25, 0.3) is 0 Å². The first kappa shape index (κ1) is 70.6. The summed E-state index contributed by atoms with van der Waals surface area (Å²) in [4.78, 5) is 38.3. The molecule has 0 aromatic heterocycles. The third-order valence-electron chi connectivity index (χ3n) is 13.6. The molecular weight excluding hydrogens is 913 g/mol. The van der Waals surface area contributed by atoms with E-state index in [-0.39, 0.29) is 31.1 Å². The summed E-state index contributed by atoms with van der Waals surface area (Å²) in [5, 5.41) is 0. The van der Waals surface area contributed by atoms with E-state index in [1.807, 2.05) is 0 Å². The predicted molar refractivity (Wildman–Crippen MR) is 321 cm³/mol. The molecule has 0 aliphatic carbocycles. The van der Waals surface area contributed by atoms with Gasteiger partial charge in [-0.1, -0.05) is 266 Å². The Kier molecular flexibility index (Phi) is 59.3. The third kappa shape index (κ3) is 59.5. The van der Waals surface area contributed by atoms with Gasteiger partial charge in [0.25, 0.3) is 0 Å². The SMILES string of the molecule is CC/C=C\C/C=C\C/C=C\C/C=C\CCCCCCCCC(=O)OCC(COC(=O)CCCCCCC/C=C\CCCCCCCCCCC)OC(=O)CCCCCCCCCCCC/C=C\C=C/CCCCC. The maximum Gasteiger partial charge on any atom is 0.306 e. The summed E-state index contributed by atoms with van der Waals surface area (Å²) in [5.41, 5.74) is 0. The van der Waals surface area contributed by atoms with Gasteiger partial charge in [0.05, 0.1) is 0 Å². The summed E-state index contributed by atoms with van der Waals surface area (Å²) in [6, 6.07) is 0. The van der Waals surface area contributed by atoms with Crippen LogP contribution in [0.15, 0.2) is 85.1 Å². The van der Waals surface area contributed by atoms with Crippen molar-refractivity contribution in [3.8, 4) is 0 Å². The minimum Gasteiger partial charge on any atom is -0.462 e. The van der Waals surface area contributed by atoms with Crippen LogP contribution in [0.5, 0.6) is 0 Å². The van der Waals surface area contributed by atoms with Crippen LogP contribution < -0.4 is 0 Å². The molecule has 1 atom stereocenters. The van der Waals surface area contributed by atoms with Crippen molar-refractivity contribution in [1.29, 1.82) is 0 Å². The molecule has 0 aliphatic heterocycles. The number of allylic oxidation sites excluding steroid dienone is 14.